The Bertz CT molecular complexity index is 75.7. The predicted molar refractivity (Wildman–Crippen MR) is 29.2 cm³/mol. The SMILES string of the molecule is C=CC(O)(OC)OC. The molecule has 0 heterocycles. The van der Waals surface area contributed by atoms with E-state index < -0.39 is 5.97 Å². The highest BCUT2D eigenvalue weighted by molar-refractivity contribution is 4.77. The van der Waals surface area contributed by atoms with Gasteiger partial charge in [-0.2, -0.15) is 0 Å². The molecule has 0 aliphatic rings. The van der Waals surface area contributed by atoms with Crippen LogP contribution in [-0.2, 0) is 9.47 Å². The van der Waals surface area contributed by atoms with E-state index in [1.807, 2.05) is 0 Å². The summed E-state index contributed by atoms with van der Waals surface area (Å²) < 4.78 is 8.90. The first-order chi connectivity index (χ1) is 3.68. The van der Waals surface area contributed by atoms with Gasteiger partial charge in [0.1, 0.15) is 0 Å². The predicted octanol–water partition coefficient (Wildman–Crippen LogP) is 0.111. The minimum absolute atomic E-state index is 1.16. The maximum Gasteiger partial charge on any atom is 0.301 e. The van der Waals surface area contributed by atoms with Gasteiger partial charge in [-0.15, -0.1) is 0 Å². The highest BCUT2D eigenvalue weighted by Crippen LogP contribution is 2.05. The first-order valence-corrected chi connectivity index (χ1v) is 2.15. The molecule has 1 N–H and O–H groups in total. The van der Waals surface area contributed by atoms with Gasteiger partial charge in [0, 0.05) is 14.2 Å². The van der Waals surface area contributed by atoms with Gasteiger partial charge in [-0.3, -0.25) is 0 Å². The second-order valence-electron chi connectivity index (χ2n) is 1.24. The Balaban J connectivity index is 3.76. The van der Waals surface area contributed by atoms with Crippen molar-refractivity contribution in [1.29, 1.82) is 0 Å². The van der Waals surface area contributed by atoms with E-state index in [-0.39, 0.29) is 0 Å². The highest BCUT2D eigenvalue weighted by Gasteiger charge is 2.19. The van der Waals surface area contributed by atoms with E-state index in [0.717, 1.165) is 6.08 Å². The Morgan fingerprint density at radius 3 is 1.88 bits per heavy atom. The lowest BCUT2D eigenvalue weighted by Crippen LogP contribution is -2.29. The average Bonchev–Trinajstić information content (AvgIpc) is 1.87. The molecule has 0 fully saturated rings. The van der Waals surface area contributed by atoms with E-state index in [0.29, 0.717) is 0 Å². The number of methoxy groups -OCH3 is 2. The van der Waals surface area contributed by atoms with Crippen molar-refractivity contribution in [3.8, 4) is 0 Å². The van der Waals surface area contributed by atoms with Gasteiger partial charge in [-0.25, -0.2) is 0 Å². The molecule has 0 unspecified atom stereocenters. The van der Waals surface area contributed by atoms with Gasteiger partial charge in [-0.05, 0) is 6.08 Å². The third-order valence-corrected chi connectivity index (χ3v) is 0.843. The molecule has 0 aromatic heterocycles. The second-order valence-corrected chi connectivity index (χ2v) is 1.24. The van der Waals surface area contributed by atoms with Gasteiger partial charge < -0.3 is 14.6 Å². The van der Waals surface area contributed by atoms with Crippen molar-refractivity contribution >= 4 is 0 Å². The molecule has 0 aromatic rings. The van der Waals surface area contributed by atoms with Crippen molar-refractivity contribution in [2.45, 2.75) is 5.97 Å². The van der Waals surface area contributed by atoms with Crippen LogP contribution in [0.25, 0.3) is 0 Å². The van der Waals surface area contributed by atoms with Crippen molar-refractivity contribution < 1.29 is 14.6 Å². The van der Waals surface area contributed by atoms with Crippen LogP contribution in [0.1, 0.15) is 0 Å². The summed E-state index contributed by atoms with van der Waals surface area (Å²) in [4.78, 5) is 0. The fraction of sp³-hybridized carbons (Fsp3) is 0.600. The molecular weight excluding hydrogens is 108 g/mol. The Morgan fingerprint density at radius 1 is 1.50 bits per heavy atom. The Labute approximate surface area is 48.5 Å². The molecule has 0 aromatic carbocycles. The quantitative estimate of drug-likeness (QED) is 0.422. The molecule has 0 rings (SSSR count). The first kappa shape index (κ1) is 7.62. The number of hydrogen-bond donors (Lipinski definition) is 1. The monoisotopic (exact) mass is 118 g/mol. The molecule has 0 aliphatic heterocycles. The fourth-order valence-corrected chi connectivity index (χ4v) is 0.250. The van der Waals surface area contributed by atoms with Crippen LogP contribution in [0.3, 0.4) is 0 Å². The van der Waals surface area contributed by atoms with Crippen LogP contribution in [0.2, 0.25) is 0 Å². The molecule has 0 amide bonds. The molecule has 3 nitrogen and oxygen atoms in total. The number of rotatable bonds is 3. The molecule has 48 valence electrons. The Hall–Kier alpha value is -0.380. The van der Waals surface area contributed by atoms with Gasteiger partial charge >= 0.3 is 5.97 Å². The van der Waals surface area contributed by atoms with Crippen molar-refractivity contribution in [2.24, 2.45) is 0 Å². The third-order valence-electron chi connectivity index (χ3n) is 0.843. The summed E-state index contributed by atoms with van der Waals surface area (Å²) >= 11 is 0. The van der Waals surface area contributed by atoms with Crippen molar-refractivity contribution in [2.75, 3.05) is 14.2 Å². The van der Waals surface area contributed by atoms with E-state index in [4.69, 9.17) is 5.11 Å². The van der Waals surface area contributed by atoms with Crippen LogP contribution < -0.4 is 0 Å². The second kappa shape index (κ2) is 2.81. The van der Waals surface area contributed by atoms with Crippen LogP contribution in [0.15, 0.2) is 12.7 Å². The number of hydrogen-bond acceptors (Lipinski definition) is 3. The van der Waals surface area contributed by atoms with E-state index in [1.165, 1.54) is 14.2 Å². The molecule has 0 saturated heterocycles. The summed E-state index contributed by atoms with van der Waals surface area (Å²) in [7, 11) is 2.65. The molecule has 0 radical (unpaired) electrons. The van der Waals surface area contributed by atoms with Gasteiger partial charge in [0.05, 0.1) is 0 Å². The zero-order valence-electron chi connectivity index (χ0n) is 5.05. The zero-order chi connectivity index (χ0) is 6.62. The summed E-state index contributed by atoms with van der Waals surface area (Å²) in [5.74, 6) is -1.61. The lowest BCUT2D eigenvalue weighted by Gasteiger charge is -2.18. The van der Waals surface area contributed by atoms with Gasteiger partial charge in [0.2, 0.25) is 0 Å². The average molecular weight is 118 g/mol. The maximum absolute atomic E-state index is 8.88. The van der Waals surface area contributed by atoms with Gasteiger partial charge in [-0.1, -0.05) is 6.58 Å². The minimum Gasteiger partial charge on any atom is -0.340 e. The van der Waals surface area contributed by atoms with Crippen LogP contribution in [0, 0.1) is 0 Å². The zero-order valence-corrected chi connectivity index (χ0v) is 5.05. The lowest BCUT2D eigenvalue weighted by atomic mass is 10.5. The van der Waals surface area contributed by atoms with Crippen LogP contribution in [0.4, 0.5) is 0 Å². The molecular formula is C5H10O3. The topological polar surface area (TPSA) is 38.7 Å². The summed E-state index contributed by atoms with van der Waals surface area (Å²) in [5, 5.41) is 8.88. The third kappa shape index (κ3) is 1.61. The van der Waals surface area contributed by atoms with Gasteiger partial charge in [0.25, 0.3) is 0 Å². The van der Waals surface area contributed by atoms with Crippen LogP contribution >= 0.6 is 0 Å². The van der Waals surface area contributed by atoms with Crippen LogP contribution in [-0.4, -0.2) is 25.3 Å². The first-order valence-electron chi connectivity index (χ1n) is 2.15. The molecule has 3 heteroatoms. The van der Waals surface area contributed by atoms with E-state index in [2.05, 4.69) is 16.1 Å². The summed E-state index contributed by atoms with van der Waals surface area (Å²) in [6, 6.07) is 0. The summed E-state index contributed by atoms with van der Waals surface area (Å²) in [6.45, 7) is 3.27. The molecule has 0 spiro atoms. The molecule has 0 atom stereocenters. The molecule has 0 aliphatic carbocycles. The van der Waals surface area contributed by atoms with Crippen molar-refractivity contribution in [3.63, 3.8) is 0 Å². The fourth-order valence-electron chi connectivity index (χ4n) is 0.250. The number of aliphatic hydroxyl groups is 1. The summed E-state index contributed by atoms with van der Waals surface area (Å²) in [5.41, 5.74) is 0. The van der Waals surface area contributed by atoms with E-state index in [9.17, 15) is 0 Å². The standard InChI is InChI=1S/C5H10O3/c1-4-5(6,7-2)8-3/h4,6H,1H2,2-3H3. The highest BCUT2D eigenvalue weighted by atomic mass is 16.8. The van der Waals surface area contributed by atoms with Crippen LogP contribution in [0.5, 0.6) is 0 Å². The maximum atomic E-state index is 8.88. The van der Waals surface area contributed by atoms with E-state index >= 15 is 0 Å². The molecule has 8 heavy (non-hydrogen) atoms. The van der Waals surface area contributed by atoms with Crippen molar-refractivity contribution in [3.05, 3.63) is 12.7 Å². The Kier molecular flexibility index (Phi) is 2.68. The minimum atomic E-state index is -1.61. The normalized spacial score (nSPS) is 11.4. The summed E-state index contributed by atoms with van der Waals surface area (Å²) in [6.07, 6.45) is 1.16. The Morgan fingerprint density at radius 2 is 1.88 bits per heavy atom. The molecule has 0 bridgehead atoms. The number of ether oxygens (including phenoxy) is 2. The van der Waals surface area contributed by atoms with Crippen molar-refractivity contribution in [1.82, 2.24) is 0 Å². The largest absolute Gasteiger partial charge is 0.340 e. The lowest BCUT2D eigenvalue weighted by molar-refractivity contribution is -0.304. The van der Waals surface area contributed by atoms with E-state index in [1.54, 1.807) is 0 Å². The molecule has 0 saturated carbocycles. The van der Waals surface area contributed by atoms with Gasteiger partial charge in [0.15, 0.2) is 0 Å². The smallest absolute Gasteiger partial charge is 0.301 e.